The highest BCUT2D eigenvalue weighted by Gasteiger charge is 2.18. The van der Waals surface area contributed by atoms with E-state index >= 15 is 0 Å². The Morgan fingerprint density at radius 2 is 1.88 bits per heavy atom. The zero-order valence-electron chi connectivity index (χ0n) is 12.3. The number of aromatic nitrogens is 2. The van der Waals surface area contributed by atoms with Crippen molar-refractivity contribution in [2.24, 2.45) is 0 Å². The van der Waals surface area contributed by atoms with Crippen LogP contribution in [0.25, 0.3) is 5.69 Å². The lowest BCUT2D eigenvalue weighted by molar-refractivity contribution is 0.0696. The van der Waals surface area contributed by atoms with Gasteiger partial charge in [-0.05, 0) is 36.4 Å². The molecular formula is C16H13N3O4S. The van der Waals surface area contributed by atoms with Gasteiger partial charge in [0.05, 0.1) is 21.8 Å². The number of carboxylic acids is 1. The van der Waals surface area contributed by atoms with Crippen LogP contribution in [0.2, 0.25) is 0 Å². The lowest BCUT2D eigenvalue weighted by Crippen LogP contribution is -2.15. The second kappa shape index (κ2) is 6.17. The van der Waals surface area contributed by atoms with Crippen LogP contribution in [0.4, 0.5) is 5.69 Å². The molecule has 2 aromatic carbocycles. The van der Waals surface area contributed by atoms with E-state index in [-0.39, 0.29) is 10.5 Å². The fourth-order valence-electron chi connectivity index (χ4n) is 2.17. The van der Waals surface area contributed by atoms with Gasteiger partial charge in [0.1, 0.15) is 0 Å². The molecule has 0 bridgehead atoms. The van der Waals surface area contributed by atoms with Crippen molar-refractivity contribution in [2.45, 2.75) is 4.90 Å². The zero-order valence-corrected chi connectivity index (χ0v) is 13.1. The summed E-state index contributed by atoms with van der Waals surface area (Å²) in [5, 5.41) is 13.1. The van der Waals surface area contributed by atoms with Gasteiger partial charge in [-0.3, -0.25) is 4.72 Å². The summed E-state index contributed by atoms with van der Waals surface area (Å²) >= 11 is 0. The minimum atomic E-state index is -3.94. The van der Waals surface area contributed by atoms with Crippen molar-refractivity contribution in [3.63, 3.8) is 0 Å². The number of carboxylic acid groups (broad SMARTS) is 1. The Labute approximate surface area is 138 Å². The maximum atomic E-state index is 12.6. The summed E-state index contributed by atoms with van der Waals surface area (Å²) < 4.78 is 29.1. The van der Waals surface area contributed by atoms with E-state index in [4.69, 9.17) is 5.11 Å². The summed E-state index contributed by atoms with van der Waals surface area (Å²) in [6.45, 7) is 0. The number of anilines is 1. The van der Waals surface area contributed by atoms with Crippen LogP contribution in [-0.4, -0.2) is 29.3 Å². The van der Waals surface area contributed by atoms with Gasteiger partial charge in [0, 0.05) is 12.4 Å². The molecule has 0 radical (unpaired) electrons. The number of para-hydroxylation sites is 2. The van der Waals surface area contributed by atoms with E-state index in [1.807, 2.05) is 0 Å². The molecule has 0 aliphatic heterocycles. The molecule has 0 saturated heterocycles. The van der Waals surface area contributed by atoms with Crippen LogP contribution >= 0.6 is 0 Å². The Balaban J connectivity index is 1.99. The SMILES string of the molecule is O=C(O)c1cccc(S(=O)(=O)Nc2ccccc2-n2cccn2)c1. The van der Waals surface area contributed by atoms with E-state index in [0.29, 0.717) is 11.4 Å². The normalized spacial score (nSPS) is 11.2. The Morgan fingerprint density at radius 3 is 2.58 bits per heavy atom. The molecule has 0 aliphatic carbocycles. The molecule has 7 nitrogen and oxygen atoms in total. The molecule has 1 aromatic heterocycles. The average Bonchev–Trinajstić information content (AvgIpc) is 3.09. The number of benzene rings is 2. The highest BCUT2D eigenvalue weighted by atomic mass is 32.2. The summed E-state index contributed by atoms with van der Waals surface area (Å²) in [6, 6.07) is 13.7. The average molecular weight is 343 g/mol. The third-order valence-electron chi connectivity index (χ3n) is 3.29. The molecule has 0 spiro atoms. The monoisotopic (exact) mass is 343 g/mol. The minimum Gasteiger partial charge on any atom is -0.478 e. The van der Waals surface area contributed by atoms with Gasteiger partial charge in [-0.2, -0.15) is 5.10 Å². The summed E-state index contributed by atoms with van der Waals surface area (Å²) in [4.78, 5) is 10.9. The van der Waals surface area contributed by atoms with Crippen LogP contribution in [0, 0.1) is 0 Å². The third-order valence-corrected chi connectivity index (χ3v) is 4.65. The number of carbonyl (C=O) groups is 1. The van der Waals surface area contributed by atoms with Gasteiger partial charge in [0.25, 0.3) is 10.0 Å². The predicted molar refractivity (Wildman–Crippen MR) is 87.8 cm³/mol. The Bertz CT molecular complexity index is 982. The smallest absolute Gasteiger partial charge is 0.335 e. The van der Waals surface area contributed by atoms with Gasteiger partial charge in [-0.1, -0.05) is 18.2 Å². The molecular weight excluding hydrogens is 330 g/mol. The van der Waals surface area contributed by atoms with Crippen LogP contribution in [-0.2, 0) is 10.0 Å². The molecule has 0 aliphatic rings. The fraction of sp³-hybridized carbons (Fsp3) is 0. The van der Waals surface area contributed by atoms with Crippen molar-refractivity contribution in [3.05, 3.63) is 72.6 Å². The fourth-order valence-corrected chi connectivity index (χ4v) is 3.29. The van der Waals surface area contributed by atoms with Crippen molar-refractivity contribution < 1.29 is 18.3 Å². The quantitative estimate of drug-likeness (QED) is 0.740. The number of hydrogen-bond acceptors (Lipinski definition) is 4. The second-order valence-corrected chi connectivity index (χ2v) is 6.59. The highest BCUT2D eigenvalue weighted by molar-refractivity contribution is 7.92. The van der Waals surface area contributed by atoms with Gasteiger partial charge in [-0.15, -0.1) is 0 Å². The Hall–Kier alpha value is -3.13. The van der Waals surface area contributed by atoms with Gasteiger partial charge < -0.3 is 5.11 Å². The van der Waals surface area contributed by atoms with E-state index < -0.39 is 16.0 Å². The topological polar surface area (TPSA) is 101 Å². The van der Waals surface area contributed by atoms with E-state index in [9.17, 15) is 13.2 Å². The first-order chi connectivity index (χ1) is 11.5. The maximum Gasteiger partial charge on any atom is 0.335 e. The molecule has 8 heteroatoms. The van der Waals surface area contributed by atoms with Gasteiger partial charge in [0.2, 0.25) is 0 Å². The van der Waals surface area contributed by atoms with Crippen molar-refractivity contribution in [1.82, 2.24) is 9.78 Å². The molecule has 1 heterocycles. The molecule has 0 fully saturated rings. The predicted octanol–water partition coefficient (Wildman–Crippen LogP) is 2.37. The standard InChI is InChI=1S/C16H13N3O4S/c20-16(21)12-5-3-6-13(11-12)24(22,23)18-14-7-1-2-8-15(14)19-10-4-9-17-19/h1-11,18H,(H,20,21). The first-order valence-corrected chi connectivity index (χ1v) is 8.41. The Kier molecular flexibility index (Phi) is 4.05. The number of sulfonamides is 1. The highest BCUT2D eigenvalue weighted by Crippen LogP contribution is 2.23. The van der Waals surface area contributed by atoms with Crippen molar-refractivity contribution in [2.75, 3.05) is 4.72 Å². The van der Waals surface area contributed by atoms with E-state index in [2.05, 4.69) is 9.82 Å². The summed E-state index contributed by atoms with van der Waals surface area (Å²) in [5.74, 6) is -1.19. The molecule has 0 amide bonds. The molecule has 0 atom stereocenters. The zero-order chi connectivity index (χ0) is 17.2. The molecule has 2 N–H and O–H groups in total. The van der Waals surface area contributed by atoms with Gasteiger partial charge >= 0.3 is 5.97 Å². The van der Waals surface area contributed by atoms with Gasteiger partial charge in [-0.25, -0.2) is 17.9 Å². The van der Waals surface area contributed by atoms with Crippen molar-refractivity contribution in [3.8, 4) is 5.69 Å². The largest absolute Gasteiger partial charge is 0.478 e. The summed E-state index contributed by atoms with van der Waals surface area (Å²) in [5.41, 5.74) is 0.792. The lowest BCUT2D eigenvalue weighted by Gasteiger charge is -2.13. The van der Waals surface area contributed by atoms with Crippen molar-refractivity contribution >= 4 is 21.7 Å². The van der Waals surface area contributed by atoms with E-state index in [1.54, 1.807) is 42.7 Å². The number of nitrogens with zero attached hydrogens (tertiary/aromatic N) is 2. The Morgan fingerprint density at radius 1 is 1.08 bits per heavy atom. The van der Waals surface area contributed by atoms with Crippen LogP contribution < -0.4 is 4.72 Å². The minimum absolute atomic E-state index is 0.0989. The number of nitrogens with one attached hydrogen (secondary N) is 1. The third kappa shape index (κ3) is 3.13. The van der Waals surface area contributed by atoms with Crippen LogP contribution in [0.5, 0.6) is 0 Å². The summed E-state index contributed by atoms with van der Waals surface area (Å²) in [7, 11) is -3.94. The van der Waals surface area contributed by atoms with Crippen LogP contribution in [0.3, 0.4) is 0 Å². The lowest BCUT2D eigenvalue weighted by atomic mass is 10.2. The summed E-state index contributed by atoms with van der Waals surface area (Å²) in [6.07, 6.45) is 3.28. The number of hydrogen-bond donors (Lipinski definition) is 2. The first kappa shape index (κ1) is 15.8. The van der Waals surface area contributed by atoms with Crippen molar-refractivity contribution in [1.29, 1.82) is 0 Å². The second-order valence-electron chi connectivity index (χ2n) is 4.91. The van der Waals surface area contributed by atoms with E-state index in [0.717, 1.165) is 6.07 Å². The van der Waals surface area contributed by atoms with Crippen LogP contribution in [0.15, 0.2) is 71.9 Å². The molecule has 3 rings (SSSR count). The van der Waals surface area contributed by atoms with Gasteiger partial charge in [0.15, 0.2) is 0 Å². The number of rotatable bonds is 5. The first-order valence-electron chi connectivity index (χ1n) is 6.92. The number of aromatic carboxylic acids is 1. The molecule has 0 unspecified atom stereocenters. The van der Waals surface area contributed by atoms with Crippen LogP contribution in [0.1, 0.15) is 10.4 Å². The maximum absolute atomic E-state index is 12.6. The molecule has 3 aromatic rings. The molecule has 24 heavy (non-hydrogen) atoms. The van der Waals surface area contributed by atoms with E-state index in [1.165, 1.54) is 22.9 Å². The molecule has 0 saturated carbocycles. The molecule has 122 valence electrons.